The number of carbonyl (C=O) groups is 1. The first-order valence-electron chi connectivity index (χ1n) is 5.43. The molecule has 0 aliphatic heterocycles. The second-order valence-electron chi connectivity index (χ2n) is 3.78. The van der Waals surface area contributed by atoms with Crippen LogP contribution in [0.4, 0.5) is 0 Å². The molecule has 0 bridgehead atoms. The number of carbonyl (C=O) groups excluding carboxylic acids is 1. The van der Waals surface area contributed by atoms with Gasteiger partial charge in [-0.15, -0.1) is 0 Å². The highest BCUT2D eigenvalue weighted by molar-refractivity contribution is 6.32. The Kier molecular flexibility index (Phi) is 3.85. The van der Waals surface area contributed by atoms with E-state index in [0.29, 0.717) is 22.9 Å². The van der Waals surface area contributed by atoms with Crippen LogP contribution in [0, 0.1) is 0 Å². The number of halogens is 1. The number of ether oxygens (including phenoxy) is 1. The largest absolute Gasteiger partial charge is 0.487 e. The Morgan fingerprint density at radius 1 is 1.11 bits per heavy atom. The summed E-state index contributed by atoms with van der Waals surface area (Å²) >= 11 is 5.97. The summed E-state index contributed by atoms with van der Waals surface area (Å²) in [4.78, 5) is 10.9. The highest BCUT2D eigenvalue weighted by Crippen LogP contribution is 2.24. The number of nitrogens with two attached hydrogens (primary N) is 1. The summed E-state index contributed by atoms with van der Waals surface area (Å²) < 4.78 is 5.58. The molecule has 18 heavy (non-hydrogen) atoms. The normalized spacial score (nSPS) is 10.1. The van der Waals surface area contributed by atoms with Crippen LogP contribution in [0.3, 0.4) is 0 Å². The zero-order valence-electron chi connectivity index (χ0n) is 9.60. The number of primary amides is 1. The first kappa shape index (κ1) is 12.5. The van der Waals surface area contributed by atoms with Gasteiger partial charge in [0.2, 0.25) is 5.91 Å². The fourth-order valence-corrected chi connectivity index (χ4v) is 1.68. The lowest BCUT2D eigenvalue weighted by Crippen LogP contribution is -2.10. The van der Waals surface area contributed by atoms with Crippen molar-refractivity contribution in [2.24, 2.45) is 5.73 Å². The molecular weight excluding hydrogens is 250 g/mol. The fraction of sp³-hybridized carbons (Fsp3) is 0.0714. The number of amides is 1. The zero-order valence-corrected chi connectivity index (χ0v) is 10.4. The molecule has 1 amide bonds. The van der Waals surface area contributed by atoms with Crippen molar-refractivity contribution in [1.29, 1.82) is 0 Å². The molecule has 3 nitrogen and oxygen atoms in total. The third-order valence-electron chi connectivity index (χ3n) is 2.47. The van der Waals surface area contributed by atoms with E-state index in [0.717, 1.165) is 5.56 Å². The maximum atomic E-state index is 10.9. The van der Waals surface area contributed by atoms with E-state index in [1.807, 2.05) is 12.1 Å². The first-order chi connectivity index (χ1) is 8.66. The smallest absolute Gasteiger partial charge is 0.248 e. The topological polar surface area (TPSA) is 52.3 Å². The van der Waals surface area contributed by atoms with Crippen LogP contribution in [0.2, 0.25) is 5.02 Å². The van der Waals surface area contributed by atoms with Crippen LogP contribution in [0.15, 0.2) is 48.5 Å². The van der Waals surface area contributed by atoms with E-state index in [4.69, 9.17) is 22.1 Å². The minimum absolute atomic E-state index is 0.392. The van der Waals surface area contributed by atoms with Gasteiger partial charge in [0, 0.05) is 5.56 Å². The van der Waals surface area contributed by atoms with Crippen LogP contribution in [0.1, 0.15) is 15.9 Å². The molecule has 2 rings (SSSR count). The quantitative estimate of drug-likeness (QED) is 0.920. The highest BCUT2D eigenvalue weighted by Gasteiger charge is 2.02. The standard InChI is InChI=1S/C14H12ClNO2/c15-12-3-1-2-4-13(12)18-9-10-5-7-11(8-6-10)14(16)17/h1-8H,9H2,(H2,16,17). The van der Waals surface area contributed by atoms with E-state index >= 15 is 0 Å². The summed E-state index contributed by atoms with van der Waals surface area (Å²) in [6.45, 7) is 0.392. The molecule has 0 spiro atoms. The Bertz CT molecular complexity index is 552. The first-order valence-corrected chi connectivity index (χ1v) is 5.80. The number of para-hydroxylation sites is 1. The second kappa shape index (κ2) is 5.56. The Labute approximate surface area is 110 Å². The van der Waals surface area contributed by atoms with Crippen molar-refractivity contribution < 1.29 is 9.53 Å². The Balaban J connectivity index is 2.02. The Morgan fingerprint density at radius 3 is 2.39 bits per heavy atom. The molecule has 4 heteroatoms. The van der Waals surface area contributed by atoms with Crippen LogP contribution in [0.5, 0.6) is 5.75 Å². The van der Waals surface area contributed by atoms with Gasteiger partial charge in [0.15, 0.2) is 0 Å². The summed E-state index contributed by atoms with van der Waals surface area (Å²) in [7, 11) is 0. The third-order valence-corrected chi connectivity index (χ3v) is 2.78. The van der Waals surface area contributed by atoms with Crippen molar-refractivity contribution >= 4 is 17.5 Å². The lowest BCUT2D eigenvalue weighted by atomic mass is 10.1. The third kappa shape index (κ3) is 3.02. The zero-order chi connectivity index (χ0) is 13.0. The van der Waals surface area contributed by atoms with Crippen molar-refractivity contribution in [3.63, 3.8) is 0 Å². The van der Waals surface area contributed by atoms with Crippen LogP contribution < -0.4 is 10.5 Å². The molecule has 0 aromatic heterocycles. The van der Waals surface area contributed by atoms with Gasteiger partial charge in [0.1, 0.15) is 12.4 Å². The molecular formula is C14H12ClNO2. The van der Waals surface area contributed by atoms with Crippen molar-refractivity contribution in [1.82, 2.24) is 0 Å². The molecule has 0 aliphatic rings. The molecule has 0 radical (unpaired) electrons. The predicted molar refractivity (Wildman–Crippen MR) is 70.7 cm³/mol. The summed E-state index contributed by atoms with van der Waals surface area (Å²) in [5.74, 6) is 0.201. The molecule has 0 atom stereocenters. The minimum atomic E-state index is -0.437. The summed E-state index contributed by atoms with van der Waals surface area (Å²) in [6, 6.07) is 14.2. The van der Waals surface area contributed by atoms with Gasteiger partial charge in [0.05, 0.1) is 5.02 Å². The van der Waals surface area contributed by atoms with Gasteiger partial charge in [-0.2, -0.15) is 0 Å². The number of hydrogen-bond donors (Lipinski definition) is 1. The SMILES string of the molecule is NC(=O)c1ccc(COc2ccccc2Cl)cc1. The van der Waals surface area contributed by atoms with Gasteiger partial charge in [-0.05, 0) is 29.8 Å². The average Bonchev–Trinajstić information content (AvgIpc) is 2.38. The molecule has 92 valence electrons. The lowest BCUT2D eigenvalue weighted by molar-refractivity contribution is 0.1000. The van der Waals surface area contributed by atoms with E-state index in [1.165, 1.54) is 0 Å². The monoisotopic (exact) mass is 261 g/mol. The molecule has 2 N–H and O–H groups in total. The van der Waals surface area contributed by atoms with Gasteiger partial charge in [-0.3, -0.25) is 4.79 Å². The van der Waals surface area contributed by atoms with Gasteiger partial charge in [-0.1, -0.05) is 35.9 Å². The van der Waals surface area contributed by atoms with Crippen LogP contribution in [-0.4, -0.2) is 5.91 Å². The minimum Gasteiger partial charge on any atom is -0.487 e. The fourth-order valence-electron chi connectivity index (χ4n) is 1.49. The van der Waals surface area contributed by atoms with Gasteiger partial charge in [-0.25, -0.2) is 0 Å². The number of benzene rings is 2. The van der Waals surface area contributed by atoms with E-state index in [2.05, 4.69) is 0 Å². The van der Waals surface area contributed by atoms with E-state index < -0.39 is 5.91 Å². The second-order valence-corrected chi connectivity index (χ2v) is 4.19. The van der Waals surface area contributed by atoms with Crippen LogP contribution in [0.25, 0.3) is 0 Å². The lowest BCUT2D eigenvalue weighted by Gasteiger charge is -2.07. The average molecular weight is 262 g/mol. The van der Waals surface area contributed by atoms with Gasteiger partial charge >= 0.3 is 0 Å². The van der Waals surface area contributed by atoms with Gasteiger partial charge in [0.25, 0.3) is 0 Å². The van der Waals surface area contributed by atoms with Crippen molar-refractivity contribution in [3.05, 3.63) is 64.7 Å². The maximum absolute atomic E-state index is 10.9. The van der Waals surface area contributed by atoms with E-state index in [9.17, 15) is 4.79 Å². The summed E-state index contributed by atoms with van der Waals surface area (Å²) in [6.07, 6.45) is 0. The molecule has 0 saturated heterocycles. The highest BCUT2D eigenvalue weighted by atomic mass is 35.5. The van der Waals surface area contributed by atoms with Crippen molar-refractivity contribution in [2.75, 3.05) is 0 Å². The Hall–Kier alpha value is -2.00. The number of hydrogen-bond acceptors (Lipinski definition) is 2. The van der Waals surface area contributed by atoms with E-state index in [1.54, 1.807) is 36.4 Å². The predicted octanol–water partition coefficient (Wildman–Crippen LogP) is 3.02. The molecule has 0 saturated carbocycles. The maximum Gasteiger partial charge on any atom is 0.248 e. The summed E-state index contributed by atoms with van der Waals surface area (Å²) in [5, 5.41) is 0.575. The molecule has 0 unspecified atom stereocenters. The van der Waals surface area contributed by atoms with Crippen molar-refractivity contribution in [2.45, 2.75) is 6.61 Å². The molecule has 0 heterocycles. The molecule has 0 aliphatic carbocycles. The Morgan fingerprint density at radius 2 is 1.78 bits per heavy atom. The molecule has 2 aromatic carbocycles. The summed E-state index contributed by atoms with van der Waals surface area (Å²) in [5.41, 5.74) is 6.59. The number of rotatable bonds is 4. The molecule has 0 fully saturated rings. The van der Waals surface area contributed by atoms with Crippen LogP contribution >= 0.6 is 11.6 Å². The van der Waals surface area contributed by atoms with Crippen LogP contribution in [-0.2, 0) is 6.61 Å². The van der Waals surface area contributed by atoms with E-state index in [-0.39, 0.29) is 0 Å². The van der Waals surface area contributed by atoms with Crippen molar-refractivity contribution in [3.8, 4) is 5.75 Å². The van der Waals surface area contributed by atoms with Gasteiger partial charge < -0.3 is 10.5 Å². The molecule has 2 aromatic rings.